The van der Waals surface area contributed by atoms with Crippen molar-refractivity contribution in [1.82, 2.24) is 9.96 Å². The molecule has 1 aliphatic rings. The van der Waals surface area contributed by atoms with Crippen LogP contribution in [0.25, 0.3) is 0 Å². The van der Waals surface area contributed by atoms with Crippen LogP contribution in [-0.4, -0.2) is 60.9 Å². The summed E-state index contributed by atoms with van der Waals surface area (Å²) in [6, 6.07) is 0.215. The molecule has 0 aliphatic carbocycles. The molecule has 0 unspecified atom stereocenters. The van der Waals surface area contributed by atoms with Crippen molar-refractivity contribution < 1.29 is 5.21 Å². The topological polar surface area (TPSA) is 38.7 Å². The summed E-state index contributed by atoms with van der Waals surface area (Å²) < 4.78 is 1.03. The monoisotopic (exact) mass is 389 g/mol. The van der Waals surface area contributed by atoms with E-state index in [0.29, 0.717) is 0 Å². The van der Waals surface area contributed by atoms with Gasteiger partial charge in [0.2, 0.25) is 0 Å². The zero-order valence-corrected chi connectivity index (χ0v) is 17.6. The molecule has 0 aromatic carbocycles. The first-order chi connectivity index (χ1) is 10.6. The summed E-state index contributed by atoms with van der Waals surface area (Å²) in [5, 5.41) is 13.7. The summed E-state index contributed by atoms with van der Waals surface area (Å²) >= 11 is 3.19. The molecule has 1 saturated heterocycles. The van der Waals surface area contributed by atoms with E-state index in [4.69, 9.17) is 4.99 Å². The van der Waals surface area contributed by atoms with Crippen molar-refractivity contribution in [3.63, 3.8) is 0 Å². The van der Waals surface area contributed by atoms with Crippen molar-refractivity contribution >= 4 is 20.7 Å². The number of hydrogen-bond acceptors (Lipinski definition) is 2. The molecule has 1 aliphatic heterocycles. The van der Waals surface area contributed by atoms with Crippen LogP contribution >= 0.6 is 0 Å². The summed E-state index contributed by atoms with van der Waals surface area (Å²) in [5.74, 6) is 0. The van der Waals surface area contributed by atoms with Gasteiger partial charge in [-0.15, -0.1) is 0 Å². The molecular formula is C18H35N3OSe. The molecule has 1 fully saturated rings. The second kappa shape index (κ2) is 8.84. The number of hydrogen-bond donors (Lipinski definition) is 0. The van der Waals surface area contributed by atoms with Gasteiger partial charge >= 0.3 is 151 Å². The fraction of sp³-hybridized carbons (Fsp3) is 0.944. The van der Waals surface area contributed by atoms with Crippen LogP contribution in [0.2, 0.25) is 0 Å². The molecule has 1 heterocycles. The molecule has 0 bridgehead atoms. The Hall–Kier alpha value is -0.0905. The third kappa shape index (κ3) is 6.04. The molecule has 23 heavy (non-hydrogen) atoms. The number of piperidine rings is 1. The number of hydroxylamine groups is 2. The molecule has 134 valence electrons. The number of nitrogens with zero attached hydrogens (tertiary/aromatic N) is 3. The third-order valence-electron chi connectivity index (χ3n) is 4.70. The molecule has 5 heteroatoms. The number of aliphatic imine (C=N–C) groups is 1. The molecule has 0 N–H and O–H groups in total. The molecule has 0 aromatic rings. The van der Waals surface area contributed by atoms with Gasteiger partial charge in [0.05, 0.1) is 0 Å². The second-order valence-corrected chi connectivity index (χ2v) is 8.85. The Labute approximate surface area is 151 Å². The van der Waals surface area contributed by atoms with Crippen LogP contribution in [0.5, 0.6) is 0 Å². The van der Waals surface area contributed by atoms with E-state index in [0.717, 1.165) is 30.7 Å². The summed E-state index contributed by atoms with van der Waals surface area (Å²) in [4.78, 5) is 7.37. The summed E-state index contributed by atoms with van der Waals surface area (Å²) in [6.45, 7) is 14.7. The fourth-order valence-electron chi connectivity index (χ4n) is 3.54. The van der Waals surface area contributed by atoms with Crippen LogP contribution in [0.4, 0.5) is 0 Å². The summed E-state index contributed by atoms with van der Waals surface area (Å²) in [6.07, 6.45) is 6.43. The first-order valence-electron chi connectivity index (χ1n) is 9.11. The van der Waals surface area contributed by atoms with Crippen molar-refractivity contribution in [3.05, 3.63) is 0 Å². The van der Waals surface area contributed by atoms with E-state index in [1.54, 1.807) is 0 Å². The Morgan fingerprint density at radius 3 is 1.91 bits per heavy atom. The van der Waals surface area contributed by atoms with Gasteiger partial charge in [-0.3, -0.25) is 0 Å². The number of rotatable bonds is 7. The van der Waals surface area contributed by atoms with Crippen molar-refractivity contribution in [3.8, 4) is 0 Å². The zero-order valence-electron chi connectivity index (χ0n) is 15.9. The van der Waals surface area contributed by atoms with E-state index in [-0.39, 0.29) is 17.1 Å². The molecule has 0 spiro atoms. The zero-order chi connectivity index (χ0) is 17.7. The Kier molecular flexibility index (Phi) is 8.06. The Morgan fingerprint density at radius 2 is 1.52 bits per heavy atom. The summed E-state index contributed by atoms with van der Waals surface area (Å²) in [5.41, 5.74) is -0.707. The average Bonchev–Trinajstić information content (AvgIpc) is 2.44. The van der Waals surface area contributed by atoms with Crippen molar-refractivity contribution in [2.45, 2.75) is 97.2 Å². The Bertz CT molecular complexity index is 370. The van der Waals surface area contributed by atoms with E-state index < -0.39 is 0 Å². The average molecular weight is 388 g/mol. The summed E-state index contributed by atoms with van der Waals surface area (Å²) in [7, 11) is 0. The van der Waals surface area contributed by atoms with Crippen molar-refractivity contribution in [2.24, 2.45) is 4.99 Å². The van der Waals surface area contributed by atoms with Gasteiger partial charge < -0.3 is 0 Å². The van der Waals surface area contributed by atoms with Crippen LogP contribution in [0.3, 0.4) is 0 Å². The Morgan fingerprint density at radius 1 is 1.09 bits per heavy atom. The van der Waals surface area contributed by atoms with Crippen LogP contribution in [0.1, 0.15) is 80.1 Å². The van der Waals surface area contributed by atoms with Crippen LogP contribution in [0, 0.1) is 0 Å². The molecule has 2 radical (unpaired) electrons. The van der Waals surface area contributed by atoms with Crippen molar-refractivity contribution in [2.75, 3.05) is 13.1 Å². The van der Waals surface area contributed by atoms with Gasteiger partial charge in [0, 0.05) is 0 Å². The van der Waals surface area contributed by atoms with E-state index in [2.05, 4.69) is 34.8 Å². The first kappa shape index (κ1) is 21.0. The normalized spacial score (nSPS) is 22.3. The Balaban J connectivity index is 2.84. The van der Waals surface area contributed by atoms with Crippen molar-refractivity contribution in [1.29, 1.82) is 0 Å². The van der Waals surface area contributed by atoms with Gasteiger partial charge in [-0.25, -0.2) is 0 Å². The molecule has 0 aromatic heterocycles. The quantitative estimate of drug-likeness (QED) is 0.378. The van der Waals surface area contributed by atoms with E-state index >= 15 is 0 Å². The van der Waals surface area contributed by atoms with E-state index in [1.807, 2.05) is 27.7 Å². The van der Waals surface area contributed by atoms with E-state index in [1.165, 1.54) is 30.7 Å². The minimum atomic E-state index is -0.353. The van der Waals surface area contributed by atoms with Gasteiger partial charge in [-0.1, -0.05) is 0 Å². The first-order valence-corrected chi connectivity index (χ1v) is 9.97. The number of amidine groups is 1. The molecule has 0 amide bonds. The van der Waals surface area contributed by atoms with Crippen LogP contribution < -0.4 is 0 Å². The molecule has 1 rings (SSSR count). The van der Waals surface area contributed by atoms with Crippen LogP contribution in [0.15, 0.2) is 4.99 Å². The van der Waals surface area contributed by atoms with Gasteiger partial charge in [-0.05, 0) is 0 Å². The van der Waals surface area contributed by atoms with Gasteiger partial charge in [0.25, 0.3) is 0 Å². The minimum absolute atomic E-state index is 0.215. The van der Waals surface area contributed by atoms with Gasteiger partial charge in [0.15, 0.2) is 0 Å². The maximum atomic E-state index is 12.5. The molecule has 4 nitrogen and oxygen atoms in total. The second-order valence-electron chi connectivity index (χ2n) is 8.09. The predicted octanol–water partition coefficient (Wildman–Crippen LogP) is 3.78. The molecule has 0 saturated carbocycles. The number of unbranched alkanes of at least 4 members (excludes halogenated alkanes) is 2. The SMILES string of the molecule is CCCCN(CCCC)C([Se])=NC1CC(C)(C)N([O])C(C)(C)C1. The maximum absolute atomic E-state index is 12.5. The predicted molar refractivity (Wildman–Crippen MR) is 98.3 cm³/mol. The standard InChI is InChI=1S/C18H35N3OSe/c1-7-9-11-20(12-10-8-2)16(23)19-15-13-17(3,4)21(22)18(5,6)14-15/h15H,7-14H2,1-6H3. The third-order valence-corrected chi connectivity index (χ3v) is 5.46. The molecule has 0 atom stereocenters. The molecular weight excluding hydrogens is 353 g/mol. The van der Waals surface area contributed by atoms with Crippen LogP contribution in [-0.2, 0) is 5.21 Å². The van der Waals surface area contributed by atoms with E-state index in [9.17, 15) is 5.21 Å². The van der Waals surface area contributed by atoms with Gasteiger partial charge in [-0.2, -0.15) is 0 Å². The fourth-order valence-corrected chi connectivity index (χ4v) is 4.24. The van der Waals surface area contributed by atoms with Gasteiger partial charge in [0.1, 0.15) is 0 Å².